The van der Waals surface area contributed by atoms with Gasteiger partial charge in [-0.15, -0.1) is 0 Å². The molecule has 1 aliphatic heterocycles. The van der Waals surface area contributed by atoms with Crippen molar-refractivity contribution in [2.45, 2.75) is 11.3 Å². The molecular formula is C11H15N3O5S. The lowest BCUT2D eigenvalue weighted by molar-refractivity contribution is -0.383. The molecule has 1 fully saturated rings. The van der Waals surface area contributed by atoms with Gasteiger partial charge in [-0.3, -0.25) is 10.1 Å². The fraction of sp³-hybridized carbons (Fsp3) is 0.455. The second-order valence-electron chi connectivity index (χ2n) is 4.56. The van der Waals surface area contributed by atoms with Crippen molar-refractivity contribution < 1.29 is 18.1 Å². The molecule has 1 heterocycles. The largest absolute Gasteiger partial charge is 0.393 e. The maximum Gasteiger partial charge on any atom is 0.292 e. The molecule has 0 aliphatic carbocycles. The van der Waals surface area contributed by atoms with Crippen LogP contribution in [0.5, 0.6) is 0 Å². The van der Waals surface area contributed by atoms with Crippen molar-refractivity contribution in [2.75, 3.05) is 25.5 Å². The monoisotopic (exact) mass is 301 g/mol. The normalized spacial score (nSPS) is 19.1. The summed E-state index contributed by atoms with van der Waals surface area (Å²) in [5, 5.41) is 10.6. The van der Waals surface area contributed by atoms with Crippen LogP contribution >= 0.6 is 0 Å². The number of nitrogen functional groups attached to an aromatic ring is 1. The summed E-state index contributed by atoms with van der Waals surface area (Å²) < 4.78 is 31.7. The lowest BCUT2D eigenvalue weighted by atomic mass is 10.1. The molecule has 8 nitrogen and oxygen atoms in total. The fourth-order valence-corrected chi connectivity index (χ4v) is 3.07. The zero-order chi connectivity index (χ0) is 14.8. The number of sulfonamides is 1. The molecule has 0 bridgehead atoms. The van der Waals surface area contributed by atoms with E-state index in [2.05, 4.69) is 4.72 Å². The Balaban J connectivity index is 2.12. The number of nitrogens with one attached hydrogen (secondary N) is 1. The first kappa shape index (κ1) is 14.7. The standard InChI is InChI=1S/C11H15N3O5S/c12-10-5-9(1-2-11(10)14(15)16)20(17,18)13-6-8-3-4-19-7-8/h1-2,5,8,13H,3-4,6-7,12H2. The molecular weight excluding hydrogens is 286 g/mol. The smallest absolute Gasteiger partial charge is 0.292 e. The van der Waals surface area contributed by atoms with Crippen molar-refractivity contribution in [3.8, 4) is 0 Å². The molecule has 110 valence electrons. The lowest BCUT2D eigenvalue weighted by Crippen LogP contribution is -2.29. The molecule has 0 amide bonds. The molecule has 1 aromatic rings. The van der Waals surface area contributed by atoms with Crippen LogP contribution in [-0.2, 0) is 14.8 Å². The summed E-state index contributed by atoms with van der Waals surface area (Å²) in [6, 6.07) is 3.34. The third-order valence-electron chi connectivity index (χ3n) is 3.09. The first-order valence-corrected chi connectivity index (χ1v) is 7.50. The Hall–Kier alpha value is -1.71. The average Bonchev–Trinajstić information content (AvgIpc) is 2.89. The van der Waals surface area contributed by atoms with Gasteiger partial charge >= 0.3 is 0 Å². The molecule has 1 aromatic carbocycles. The van der Waals surface area contributed by atoms with Gasteiger partial charge in [0.15, 0.2) is 0 Å². The van der Waals surface area contributed by atoms with Crippen LogP contribution in [-0.4, -0.2) is 33.1 Å². The molecule has 3 N–H and O–H groups in total. The Bertz CT molecular complexity index is 610. The van der Waals surface area contributed by atoms with Gasteiger partial charge in [-0.25, -0.2) is 13.1 Å². The molecule has 0 radical (unpaired) electrons. The van der Waals surface area contributed by atoms with Crippen LogP contribution in [0.3, 0.4) is 0 Å². The summed E-state index contributed by atoms with van der Waals surface area (Å²) in [5.41, 5.74) is 4.99. The van der Waals surface area contributed by atoms with Crippen molar-refractivity contribution in [1.82, 2.24) is 4.72 Å². The number of nitrogens with zero attached hydrogens (tertiary/aromatic N) is 1. The topological polar surface area (TPSA) is 125 Å². The minimum absolute atomic E-state index is 0.0838. The van der Waals surface area contributed by atoms with Gasteiger partial charge in [-0.05, 0) is 24.5 Å². The van der Waals surface area contributed by atoms with Crippen LogP contribution in [0.2, 0.25) is 0 Å². The highest BCUT2D eigenvalue weighted by atomic mass is 32.2. The molecule has 0 aromatic heterocycles. The van der Waals surface area contributed by atoms with Crippen LogP contribution in [0.4, 0.5) is 11.4 Å². The van der Waals surface area contributed by atoms with E-state index in [1.807, 2.05) is 0 Å². The summed E-state index contributed by atoms with van der Waals surface area (Å²) in [5.74, 6) is 0.153. The SMILES string of the molecule is Nc1cc(S(=O)(=O)NCC2CCOC2)ccc1[N+](=O)[O-]. The Kier molecular flexibility index (Phi) is 4.21. The summed E-state index contributed by atoms with van der Waals surface area (Å²) in [7, 11) is -3.72. The van der Waals surface area contributed by atoms with Gasteiger partial charge < -0.3 is 10.5 Å². The molecule has 2 rings (SSSR count). The average molecular weight is 301 g/mol. The fourth-order valence-electron chi connectivity index (χ4n) is 1.92. The Labute approximate surface area is 116 Å². The first-order chi connectivity index (χ1) is 9.40. The Morgan fingerprint density at radius 2 is 2.25 bits per heavy atom. The zero-order valence-electron chi connectivity index (χ0n) is 10.6. The number of anilines is 1. The number of hydrogen-bond acceptors (Lipinski definition) is 6. The number of rotatable bonds is 5. The summed E-state index contributed by atoms with van der Waals surface area (Å²) in [4.78, 5) is 9.89. The van der Waals surface area contributed by atoms with Gasteiger partial charge in [0, 0.05) is 19.2 Å². The molecule has 1 unspecified atom stereocenters. The molecule has 0 spiro atoms. The van der Waals surface area contributed by atoms with Gasteiger partial charge in [-0.2, -0.15) is 0 Å². The quantitative estimate of drug-likeness (QED) is 0.463. The van der Waals surface area contributed by atoms with Crippen molar-refractivity contribution in [3.63, 3.8) is 0 Å². The van der Waals surface area contributed by atoms with Crippen molar-refractivity contribution >= 4 is 21.4 Å². The molecule has 20 heavy (non-hydrogen) atoms. The summed E-state index contributed by atoms with van der Waals surface area (Å²) in [6.45, 7) is 1.45. The van der Waals surface area contributed by atoms with Gasteiger partial charge in [0.25, 0.3) is 5.69 Å². The molecule has 0 saturated carbocycles. The minimum atomic E-state index is -3.72. The van der Waals surface area contributed by atoms with Gasteiger partial charge in [0.2, 0.25) is 10.0 Å². The van der Waals surface area contributed by atoms with E-state index in [0.717, 1.165) is 18.6 Å². The van der Waals surface area contributed by atoms with Crippen LogP contribution < -0.4 is 10.5 Å². The van der Waals surface area contributed by atoms with E-state index in [4.69, 9.17) is 10.5 Å². The van der Waals surface area contributed by atoms with E-state index in [0.29, 0.717) is 13.2 Å². The number of nitro benzene ring substituents is 1. The van der Waals surface area contributed by atoms with E-state index in [-0.39, 0.29) is 28.7 Å². The number of hydrogen-bond donors (Lipinski definition) is 2. The van der Waals surface area contributed by atoms with Gasteiger partial charge in [-0.1, -0.05) is 0 Å². The number of ether oxygens (including phenoxy) is 1. The molecule has 9 heteroatoms. The summed E-state index contributed by atoms with van der Waals surface area (Å²) in [6.07, 6.45) is 0.810. The Morgan fingerprint density at radius 1 is 1.50 bits per heavy atom. The highest BCUT2D eigenvalue weighted by Crippen LogP contribution is 2.24. The third kappa shape index (κ3) is 3.24. The third-order valence-corrected chi connectivity index (χ3v) is 4.51. The van der Waals surface area contributed by atoms with E-state index in [1.54, 1.807) is 0 Å². The van der Waals surface area contributed by atoms with Crippen LogP contribution in [0.15, 0.2) is 23.1 Å². The minimum Gasteiger partial charge on any atom is -0.393 e. The van der Waals surface area contributed by atoms with Crippen LogP contribution in [0, 0.1) is 16.0 Å². The predicted octanol–water partition coefficient (Wildman–Crippen LogP) is 0.492. The highest BCUT2D eigenvalue weighted by Gasteiger charge is 2.22. The van der Waals surface area contributed by atoms with Crippen LogP contribution in [0.1, 0.15) is 6.42 Å². The van der Waals surface area contributed by atoms with E-state index < -0.39 is 14.9 Å². The van der Waals surface area contributed by atoms with Crippen molar-refractivity contribution in [1.29, 1.82) is 0 Å². The summed E-state index contributed by atoms with van der Waals surface area (Å²) >= 11 is 0. The van der Waals surface area contributed by atoms with Crippen molar-refractivity contribution in [2.24, 2.45) is 5.92 Å². The number of benzene rings is 1. The predicted molar refractivity (Wildman–Crippen MR) is 71.6 cm³/mol. The Morgan fingerprint density at radius 3 is 2.80 bits per heavy atom. The first-order valence-electron chi connectivity index (χ1n) is 6.01. The maximum absolute atomic E-state index is 12.0. The van der Waals surface area contributed by atoms with E-state index >= 15 is 0 Å². The number of nitrogens with two attached hydrogens (primary N) is 1. The van der Waals surface area contributed by atoms with E-state index in [1.165, 1.54) is 6.07 Å². The van der Waals surface area contributed by atoms with Crippen LogP contribution in [0.25, 0.3) is 0 Å². The molecule has 1 aliphatic rings. The highest BCUT2D eigenvalue weighted by molar-refractivity contribution is 7.89. The molecule has 1 atom stereocenters. The number of nitro groups is 1. The second-order valence-corrected chi connectivity index (χ2v) is 6.33. The molecule has 1 saturated heterocycles. The maximum atomic E-state index is 12.0. The second kappa shape index (κ2) is 5.73. The van der Waals surface area contributed by atoms with Crippen molar-refractivity contribution in [3.05, 3.63) is 28.3 Å². The zero-order valence-corrected chi connectivity index (χ0v) is 11.4. The lowest BCUT2D eigenvalue weighted by Gasteiger charge is -2.10. The van der Waals surface area contributed by atoms with E-state index in [9.17, 15) is 18.5 Å². The van der Waals surface area contributed by atoms with Gasteiger partial charge in [0.1, 0.15) is 5.69 Å². The van der Waals surface area contributed by atoms with Gasteiger partial charge in [0.05, 0.1) is 16.4 Å².